The number of carbonyl (C=O) groups excluding carboxylic acids is 1. The molecule has 1 unspecified atom stereocenters. The van der Waals surface area contributed by atoms with Gasteiger partial charge in [-0.2, -0.15) is 13.2 Å². The molecule has 0 spiro atoms. The molecule has 15 heavy (non-hydrogen) atoms. The highest BCUT2D eigenvalue weighted by Gasteiger charge is 2.64. The molecule has 0 aromatic rings. The highest BCUT2D eigenvalue weighted by molar-refractivity contribution is 5.62. The summed E-state index contributed by atoms with van der Waals surface area (Å²) in [6.07, 6.45) is -6.52. The normalized spacial score (nSPS) is 26.0. The summed E-state index contributed by atoms with van der Waals surface area (Å²) < 4.78 is 61.3. The van der Waals surface area contributed by atoms with Gasteiger partial charge in [0.25, 0.3) is 0 Å². The van der Waals surface area contributed by atoms with Gasteiger partial charge >= 0.3 is 18.1 Å². The maximum atomic E-state index is 12.4. The number of hydrogen-bond acceptors (Lipinski definition) is 4. The van der Waals surface area contributed by atoms with Crippen LogP contribution in [0.3, 0.4) is 0 Å². The van der Waals surface area contributed by atoms with Crippen molar-refractivity contribution in [1.29, 1.82) is 0 Å². The molecule has 1 rings (SSSR count). The minimum atomic E-state index is -5.01. The lowest BCUT2D eigenvalue weighted by Gasteiger charge is -2.26. The number of carbonyl (C=O) groups is 1. The zero-order valence-corrected chi connectivity index (χ0v) is 7.27. The van der Waals surface area contributed by atoms with Crippen molar-refractivity contribution in [3.05, 3.63) is 12.4 Å². The highest BCUT2D eigenvalue weighted by Crippen LogP contribution is 2.38. The number of ether oxygens (including phenoxy) is 3. The standard InChI is InChI=1S/C7H6F4O4/c1-4(8)2-14-6(7(9,10)11)3-13-5(12)15-6/h1-3H2. The fourth-order valence-electron chi connectivity index (χ4n) is 0.835. The van der Waals surface area contributed by atoms with E-state index >= 15 is 0 Å². The number of rotatable bonds is 3. The summed E-state index contributed by atoms with van der Waals surface area (Å²) in [4.78, 5) is 10.4. The van der Waals surface area contributed by atoms with Gasteiger partial charge in [-0.25, -0.2) is 9.18 Å². The van der Waals surface area contributed by atoms with Crippen LogP contribution in [0, 0.1) is 0 Å². The first-order valence-corrected chi connectivity index (χ1v) is 3.66. The van der Waals surface area contributed by atoms with Crippen molar-refractivity contribution in [1.82, 2.24) is 0 Å². The van der Waals surface area contributed by atoms with Gasteiger partial charge in [0.1, 0.15) is 12.4 Å². The Kier molecular flexibility index (Phi) is 2.89. The van der Waals surface area contributed by atoms with Crippen LogP contribution in [-0.4, -0.2) is 31.3 Å². The van der Waals surface area contributed by atoms with Crippen LogP contribution in [0.25, 0.3) is 0 Å². The summed E-state index contributed by atoms with van der Waals surface area (Å²) in [5.74, 6) is -4.36. The molecule has 1 aliphatic rings. The van der Waals surface area contributed by atoms with E-state index in [9.17, 15) is 22.4 Å². The predicted octanol–water partition coefficient (Wildman–Crippen LogP) is 1.91. The lowest BCUT2D eigenvalue weighted by atomic mass is 10.3. The predicted molar refractivity (Wildman–Crippen MR) is 37.4 cm³/mol. The molecule has 1 saturated heterocycles. The average molecular weight is 230 g/mol. The monoisotopic (exact) mass is 230 g/mol. The Balaban J connectivity index is 2.79. The quantitative estimate of drug-likeness (QED) is 0.548. The first kappa shape index (κ1) is 11.8. The zero-order chi connectivity index (χ0) is 11.7. The molecule has 1 fully saturated rings. The number of cyclic esters (lactones) is 2. The van der Waals surface area contributed by atoms with Crippen LogP contribution in [0.15, 0.2) is 12.4 Å². The molecule has 0 amide bonds. The number of alkyl halides is 3. The highest BCUT2D eigenvalue weighted by atomic mass is 19.4. The summed E-state index contributed by atoms with van der Waals surface area (Å²) in [6, 6.07) is 0. The van der Waals surface area contributed by atoms with Crippen LogP contribution in [-0.2, 0) is 14.2 Å². The topological polar surface area (TPSA) is 44.8 Å². The maximum Gasteiger partial charge on any atom is 0.511 e. The van der Waals surface area contributed by atoms with Gasteiger partial charge in [0.2, 0.25) is 0 Å². The summed E-state index contributed by atoms with van der Waals surface area (Å²) >= 11 is 0. The van der Waals surface area contributed by atoms with Crippen molar-refractivity contribution in [2.24, 2.45) is 0 Å². The third-order valence-corrected chi connectivity index (χ3v) is 1.52. The minimum absolute atomic E-state index is 1.03. The van der Waals surface area contributed by atoms with Gasteiger partial charge < -0.3 is 14.2 Å². The van der Waals surface area contributed by atoms with E-state index in [4.69, 9.17) is 0 Å². The molecule has 4 nitrogen and oxygen atoms in total. The van der Waals surface area contributed by atoms with Gasteiger partial charge in [0, 0.05) is 0 Å². The van der Waals surface area contributed by atoms with Crippen LogP contribution >= 0.6 is 0 Å². The Morgan fingerprint density at radius 1 is 1.60 bits per heavy atom. The Morgan fingerprint density at radius 3 is 2.53 bits per heavy atom. The van der Waals surface area contributed by atoms with Crippen molar-refractivity contribution < 1.29 is 36.6 Å². The Bertz CT molecular complexity index is 287. The fourth-order valence-corrected chi connectivity index (χ4v) is 0.835. The van der Waals surface area contributed by atoms with E-state index in [0.29, 0.717) is 0 Å². The SMILES string of the molecule is C=C(F)COC1(C(F)(F)F)COC(=O)O1. The molecule has 8 heteroatoms. The van der Waals surface area contributed by atoms with Crippen LogP contribution in [0.4, 0.5) is 22.4 Å². The third-order valence-electron chi connectivity index (χ3n) is 1.52. The van der Waals surface area contributed by atoms with Gasteiger partial charge in [-0.1, -0.05) is 6.58 Å². The number of halogens is 4. The summed E-state index contributed by atoms with van der Waals surface area (Å²) in [6.45, 7) is 0.512. The summed E-state index contributed by atoms with van der Waals surface area (Å²) in [7, 11) is 0. The van der Waals surface area contributed by atoms with Gasteiger partial charge in [-0.05, 0) is 0 Å². The second-order valence-corrected chi connectivity index (χ2v) is 2.70. The Labute approximate surface area is 81.4 Å². The van der Waals surface area contributed by atoms with E-state index < -0.39 is 37.2 Å². The van der Waals surface area contributed by atoms with Gasteiger partial charge in [-0.15, -0.1) is 0 Å². The fraction of sp³-hybridized carbons (Fsp3) is 0.571. The lowest BCUT2D eigenvalue weighted by Crippen LogP contribution is -2.50. The molecule has 1 atom stereocenters. The maximum absolute atomic E-state index is 12.4. The molecule has 0 aliphatic carbocycles. The van der Waals surface area contributed by atoms with Gasteiger partial charge in [-0.3, -0.25) is 0 Å². The van der Waals surface area contributed by atoms with E-state index in [1.54, 1.807) is 0 Å². The number of hydrogen-bond donors (Lipinski definition) is 0. The zero-order valence-electron chi connectivity index (χ0n) is 7.27. The molecule has 0 radical (unpaired) electrons. The van der Waals surface area contributed by atoms with Crippen LogP contribution in [0.2, 0.25) is 0 Å². The van der Waals surface area contributed by atoms with E-state index in [1.165, 1.54) is 0 Å². The molecule has 0 N–H and O–H groups in total. The first-order valence-electron chi connectivity index (χ1n) is 3.66. The van der Waals surface area contributed by atoms with E-state index in [2.05, 4.69) is 20.8 Å². The van der Waals surface area contributed by atoms with Crippen molar-refractivity contribution in [3.8, 4) is 0 Å². The average Bonchev–Trinajstić information content (AvgIpc) is 2.44. The smallest absolute Gasteiger partial charge is 0.427 e. The largest absolute Gasteiger partial charge is 0.511 e. The molecule has 86 valence electrons. The van der Waals surface area contributed by atoms with E-state index in [0.717, 1.165) is 0 Å². The molecule has 0 aromatic carbocycles. The minimum Gasteiger partial charge on any atom is -0.427 e. The second-order valence-electron chi connectivity index (χ2n) is 2.70. The second kappa shape index (κ2) is 3.69. The first-order chi connectivity index (χ1) is 6.77. The van der Waals surface area contributed by atoms with Crippen molar-refractivity contribution in [2.45, 2.75) is 12.0 Å². The Morgan fingerprint density at radius 2 is 2.20 bits per heavy atom. The molecule has 0 bridgehead atoms. The van der Waals surface area contributed by atoms with Crippen LogP contribution in [0.5, 0.6) is 0 Å². The molecule has 1 heterocycles. The van der Waals surface area contributed by atoms with Crippen molar-refractivity contribution >= 4 is 6.16 Å². The van der Waals surface area contributed by atoms with Gasteiger partial charge in [0.15, 0.2) is 6.61 Å². The van der Waals surface area contributed by atoms with E-state index in [-0.39, 0.29) is 0 Å². The Hall–Kier alpha value is -1.31. The van der Waals surface area contributed by atoms with Crippen LogP contribution in [0.1, 0.15) is 0 Å². The molecule has 1 aliphatic heterocycles. The molecular formula is C7H6F4O4. The lowest BCUT2D eigenvalue weighted by molar-refractivity contribution is -0.347. The van der Waals surface area contributed by atoms with Gasteiger partial charge in [0.05, 0.1) is 0 Å². The van der Waals surface area contributed by atoms with Crippen molar-refractivity contribution in [2.75, 3.05) is 13.2 Å². The van der Waals surface area contributed by atoms with Crippen molar-refractivity contribution in [3.63, 3.8) is 0 Å². The van der Waals surface area contributed by atoms with Crippen LogP contribution < -0.4 is 0 Å². The summed E-state index contributed by atoms with van der Waals surface area (Å²) in [5, 5.41) is 0. The molecule has 0 aromatic heterocycles. The third kappa shape index (κ3) is 2.38. The molecule has 0 saturated carbocycles. The molecular weight excluding hydrogens is 224 g/mol. The summed E-state index contributed by atoms with van der Waals surface area (Å²) in [5.41, 5.74) is 0. The van der Waals surface area contributed by atoms with E-state index in [1.807, 2.05) is 0 Å².